The van der Waals surface area contributed by atoms with Crippen LogP contribution in [0.4, 0.5) is 0 Å². The molecule has 1 aromatic rings. The van der Waals surface area contributed by atoms with E-state index in [4.69, 9.17) is 9.52 Å². The van der Waals surface area contributed by atoms with E-state index in [0.717, 1.165) is 19.3 Å². The number of aliphatic carboxylic acids is 1. The Morgan fingerprint density at radius 3 is 2.75 bits per heavy atom. The summed E-state index contributed by atoms with van der Waals surface area (Å²) < 4.78 is 5.26. The molecule has 0 aromatic carbocycles. The Kier molecular flexibility index (Phi) is 4.16. The molecular weight excluding hydrogens is 258 g/mol. The molecule has 0 radical (unpaired) electrons. The third-order valence-electron chi connectivity index (χ3n) is 4.07. The predicted octanol–water partition coefficient (Wildman–Crippen LogP) is 2.62. The van der Waals surface area contributed by atoms with Crippen LogP contribution in [0.5, 0.6) is 0 Å². The smallest absolute Gasteiger partial charge is 0.311 e. The Bertz CT molecular complexity index is 520. The lowest BCUT2D eigenvalue weighted by atomic mass is 10.1. The van der Waals surface area contributed by atoms with Crippen molar-refractivity contribution in [3.05, 3.63) is 23.2 Å². The lowest BCUT2D eigenvalue weighted by Crippen LogP contribution is -2.40. The Hall–Kier alpha value is -1.78. The van der Waals surface area contributed by atoms with Crippen molar-refractivity contribution in [2.75, 3.05) is 0 Å². The van der Waals surface area contributed by atoms with Crippen molar-refractivity contribution < 1.29 is 19.1 Å². The van der Waals surface area contributed by atoms with E-state index in [2.05, 4.69) is 6.92 Å². The molecule has 2 unspecified atom stereocenters. The van der Waals surface area contributed by atoms with E-state index in [1.54, 1.807) is 6.92 Å². The van der Waals surface area contributed by atoms with E-state index >= 15 is 0 Å². The van der Waals surface area contributed by atoms with Crippen molar-refractivity contribution in [1.82, 2.24) is 4.90 Å². The predicted molar refractivity (Wildman–Crippen MR) is 73.7 cm³/mol. The highest BCUT2D eigenvalue weighted by atomic mass is 16.4. The molecule has 1 saturated heterocycles. The quantitative estimate of drug-likeness (QED) is 0.919. The van der Waals surface area contributed by atoms with Gasteiger partial charge in [-0.3, -0.25) is 9.59 Å². The first-order valence-corrected chi connectivity index (χ1v) is 7.07. The molecule has 1 amide bonds. The molecule has 5 nitrogen and oxygen atoms in total. The number of hydrogen-bond acceptors (Lipinski definition) is 3. The number of likely N-dealkylation sites (tertiary alicyclic amines) is 1. The van der Waals surface area contributed by atoms with Crippen LogP contribution in [0, 0.1) is 6.92 Å². The molecule has 2 atom stereocenters. The highest BCUT2D eigenvalue weighted by molar-refractivity contribution is 5.98. The lowest BCUT2D eigenvalue weighted by Gasteiger charge is -2.28. The van der Waals surface area contributed by atoms with Crippen LogP contribution in [0.25, 0.3) is 0 Å². The van der Waals surface area contributed by atoms with Crippen LogP contribution in [0.1, 0.15) is 54.8 Å². The van der Waals surface area contributed by atoms with Crippen LogP contribution in [0.3, 0.4) is 0 Å². The molecular formula is C15H21NO4. The number of carboxylic acid groups (broad SMARTS) is 1. The van der Waals surface area contributed by atoms with Crippen LogP contribution >= 0.6 is 0 Å². The summed E-state index contributed by atoms with van der Waals surface area (Å²) in [5.41, 5.74) is 1.14. The minimum Gasteiger partial charge on any atom is -0.481 e. The zero-order chi connectivity index (χ0) is 14.9. The number of furan rings is 1. The number of nitrogens with zero attached hydrogens (tertiary/aromatic N) is 1. The van der Waals surface area contributed by atoms with Gasteiger partial charge in [-0.1, -0.05) is 6.92 Å². The van der Waals surface area contributed by atoms with Gasteiger partial charge in [0.15, 0.2) is 0 Å². The van der Waals surface area contributed by atoms with Gasteiger partial charge < -0.3 is 14.4 Å². The second-order valence-corrected chi connectivity index (χ2v) is 5.49. The third kappa shape index (κ3) is 2.57. The van der Waals surface area contributed by atoms with Crippen molar-refractivity contribution in [2.24, 2.45) is 0 Å². The summed E-state index contributed by atoms with van der Waals surface area (Å²) in [6, 6.07) is 0.434. The van der Waals surface area contributed by atoms with E-state index in [1.165, 1.54) is 6.26 Å². The standard InChI is InChI=1S/C15H21NO4/c1-4-11-6-5-10(3)16(11)15(19)14-9(2)8-20-12(14)7-13(17)18/h8,10-11H,4-7H2,1-3H3,(H,17,18). The molecule has 0 saturated carbocycles. The largest absolute Gasteiger partial charge is 0.481 e. The van der Waals surface area contributed by atoms with Crippen LogP contribution < -0.4 is 0 Å². The summed E-state index contributed by atoms with van der Waals surface area (Å²) in [5.74, 6) is -0.826. The zero-order valence-electron chi connectivity index (χ0n) is 12.2. The molecule has 110 valence electrons. The molecule has 0 aliphatic carbocycles. The van der Waals surface area contributed by atoms with Crippen molar-refractivity contribution >= 4 is 11.9 Å². The van der Waals surface area contributed by atoms with Crippen molar-refractivity contribution in [3.63, 3.8) is 0 Å². The second kappa shape index (κ2) is 5.69. The van der Waals surface area contributed by atoms with Gasteiger partial charge in [0.2, 0.25) is 0 Å². The van der Waals surface area contributed by atoms with Gasteiger partial charge in [-0.05, 0) is 33.1 Å². The summed E-state index contributed by atoms with van der Waals surface area (Å²) in [7, 11) is 0. The Labute approximate surface area is 118 Å². The average molecular weight is 279 g/mol. The summed E-state index contributed by atoms with van der Waals surface area (Å²) in [6.45, 7) is 5.90. The fourth-order valence-corrected chi connectivity index (χ4v) is 3.02. The molecule has 0 bridgehead atoms. The maximum absolute atomic E-state index is 12.8. The van der Waals surface area contributed by atoms with E-state index in [9.17, 15) is 9.59 Å². The fourth-order valence-electron chi connectivity index (χ4n) is 3.02. The average Bonchev–Trinajstić information content (AvgIpc) is 2.92. The Morgan fingerprint density at radius 2 is 2.15 bits per heavy atom. The third-order valence-corrected chi connectivity index (χ3v) is 4.07. The number of hydrogen-bond donors (Lipinski definition) is 1. The highest BCUT2D eigenvalue weighted by Gasteiger charge is 2.36. The number of carbonyl (C=O) groups is 2. The minimum absolute atomic E-state index is 0.0932. The summed E-state index contributed by atoms with van der Waals surface area (Å²) in [4.78, 5) is 25.5. The van der Waals surface area contributed by atoms with Gasteiger partial charge in [0.1, 0.15) is 12.2 Å². The van der Waals surface area contributed by atoms with Gasteiger partial charge >= 0.3 is 5.97 Å². The summed E-state index contributed by atoms with van der Waals surface area (Å²) in [5, 5.41) is 8.91. The van der Waals surface area contributed by atoms with Gasteiger partial charge in [-0.2, -0.15) is 0 Å². The second-order valence-electron chi connectivity index (χ2n) is 5.49. The molecule has 1 aliphatic rings. The summed E-state index contributed by atoms with van der Waals surface area (Å²) in [6.07, 6.45) is 4.13. The number of carboxylic acids is 1. The fraction of sp³-hybridized carbons (Fsp3) is 0.600. The maximum Gasteiger partial charge on any atom is 0.311 e. The Balaban J connectivity index is 2.33. The van der Waals surface area contributed by atoms with Gasteiger partial charge in [-0.15, -0.1) is 0 Å². The zero-order valence-corrected chi connectivity index (χ0v) is 12.2. The van der Waals surface area contributed by atoms with Crippen LogP contribution in [-0.4, -0.2) is 34.0 Å². The highest BCUT2D eigenvalue weighted by Crippen LogP contribution is 2.30. The molecule has 5 heteroatoms. The molecule has 1 aliphatic heterocycles. The number of rotatable bonds is 4. The van der Waals surface area contributed by atoms with Crippen molar-refractivity contribution in [2.45, 2.75) is 58.5 Å². The van der Waals surface area contributed by atoms with E-state index in [-0.39, 0.29) is 30.2 Å². The molecule has 1 fully saturated rings. The van der Waals surface area contributed by atoms with Gasteiger partial charge in [0.25, 0.3) is 5.91 Å². The lowest BCUT2D eigenvalue weighted by molar-refractivity contribution is -0.136. The molecule has 1 aromatic heterocycles. The molecule has 1 N–H and O–H groups in total. The monoisotopic (exact) mass is 279 g/mol. The molecule has 0 spiro atoms. The number of carbonyl (C=O) groups excluding carboxylic acids is 1. The van der Waals surface area contributed by atoms with Crippen LogP contribution in [-0.2, 0) is 11.2 Å². The van der Waals surface area contributed by atoms with Crippen LogP contribution in [0.15, 0.2) is 10.7 Å². The van der Waals surface area contributed by atoms with Gasteiger partial charge in [0, 0.05) is 17.6 Å². The van der Waals surface area contributed by atoms with E-state index in [1.807, 2.05) is 11.8 Å². The maximum atomic E-state index is 12.8. The first-order chi connectivity index (χ1) is 9.45. The first-order valence-electron chi connectivity index (χ1n) is 7.07. The number of amides is 1. The van der Waals surface area contributed by atoms with Crippen LogP contribution in [0.2, 0.25) is 0 Å². The Morgan fingerprint density at radius 1 is 1.45 bits per heavy atom. The molecule has 20 heavy (non-hydrogen) atoms. The van der Waals surface area contributed by atoms with Gasteiger partial charge in [0.05, 0.1) is 11.8 Å². The number of aryl methyl sites for hydroxylation is 1. The normalized spacial score (nSPS) is 22.2. The molecule has 2 rings (SSSR count). The first kappa shape index (κ1) is 14.6. The van der Waals surface area contributed by atoms with Gasteiger partial charge in [-0.25, -0.2) is 0 Å². The minimum atomic E-state index is -0.991. The summed E-state index contributed by atoms with van der Waals surface area (Å²) >= 11 is 0. The van der Waals surface area contributed by atoms with Crippen molar-refractivity contribution in [1.29, 1.82) is 0 Å². The topological polar surface area (TPSA) is 70.8 Å². The van der Waals surface area contributed by atoms with Crippen molar-refractivity contribution in [3.8, 4) is 0 Å². The molecule has 2 heterocycles. The van der Waals surface area contributed by atoms with E-state index < -0.39 is 5.97 Å². The SMILES string of the molecule is CCC1CCC(C)N1C(=O)c1c(C)coc1CC(=O)O. The van der Waals surface area contributed by atoms with E-state index in [0.29, 0.717) is 11.1 Å².